The number of hydrogen-bond donors (Lipinski definition) is 4. The van der Waals surface area contributed by atoms with E-state index < -0.39 is 41.3 Å². The Kier molecular flexibility index (Phi) is 5.66. The van der Waals surface area contributed by atoms with Crippen molar-refractivity contribution in [1.29, 1.82) is 0 Å². The molecule has 0 fully saturated rings. The van der Waals surface area contributed by atoms with Crippen molar-refractivity contribution >= 4 is 101 Å². The number of guanidine groups is 12. The molecule has 2 aromatic rings. The van der Waals surface area contributed by atoms with Crippen LogP contribution in [0.25, 0.3) is 0 Å². The summed E-state index contributed by atoms with van der Waals surface area (Å²) in [6.07, 6.45) is 0. The van der Waals surface area contributed by atoms with E-state index in [4.69, 9.17) is 22.9 Å². The summed E-state index contributed by atoms with van der Waals surface area (Å²) in [5.41, 5.74) is 22.8. The van der Waals surface area contributed by atoms with Gasteiger partial charge >= 0.3 is 0 Å². The maximum Gasteiger partial charge on any atom is 0.268 e. The number of hydrogen-bond acceptors (Lipinski definition) is 23. The van der Waals surface area contributed by atoms with Crippen LogP contribution in [0, 0.1) is 0 Å². The van der Waals surface area contributed by atoms with E-state index in [9.17, 15) is 24.0 Å². The average molecular weight is 723 g/mol. The van der Waals surface area contributed by atoms with Gasteiger partial charge in [0.15, 0.2) is 5.78 Å². The average Bonchev–Trinajstić information content (AvgIpc) is 3.53. The Balaban J connectivity index is 0.944. The molecule has 0 atom stereocenters. The van der Waals surface area contributed by atoms with E-state index in [1.807, 2.05) is 0 Å². The molecular weight excluding hydrogens is 708 g/mol. The summed E-state index contributed by atoms with van der Waals surface area (Å²) in [5.74, 6) is -6.02. The summed E-state index contributed by atoms with van der Waals surface area (Å²) in [7, 11) is 0. The van der Waals surface area contributed by atoms with E-state index in [-0.39, 0.29) is 93.0 Å². The predicted octanol–water partition coefficient (Wildman–Crippen LogP) is -3.10. The lowest BCUT2D eigenvalue weighted by atomic mass is 9.96. The highest BCUT2D eigenvalue weighted by Crippen LogP contribution is 2.30. The zero-order valence-corrected chi connectivity index (χ0v) is 26.5. The van der Waals surface area contributed by atoms with Gasteiger partial charge in [0.1, 0.15) is 0 Å². The van der Waals surface area contributed by atoms with Gasteiger partial charge in [-0.15, -0.1) is 0 Å². The lowest BCUT2D eigenvalue weighted by Crippen LogP contribution is -2.51. The van der Waals surface area contributed by atoms with Crippen molar-refractivity contribution in [3.05, 3.63) is 69.8 Å². The molecule has 8 N–H and O–H groups in total. The summed E-state index contributed by atoms with van der Waals surface area (Å²) in [4.78, 5) is 121. The van der Waals surface area contributed by atoms with E-state index in [1.54, 1.807) is 0 Å². The van der Waals surface area contributed by atoms with Gasteiger partial charge in [0.25, 0.3) is 23.6 Å². The number of rotatable bonds is 2. The molecule has 54 heavy (non-hydrogen) atoms. The van der Waals surface area contributed by atoms with Crippen molar-refractivity contribution in [3.8, 4) is 0 Å². The second-order valence-electron chi connectivity index (χ2n) is 11.6. The molecule has 4 amide bonds. The molecule has 0 bridgehead atoms. The third-order valence-corrected chi connectivity index (χ3v) is 8.41. The highest BCUT2D eigenvalue weighted by atomic mass is 16.2. The predicted molar refractivity (Wildman–Crippen MR) is 187 cm³/mol. The minimum absolute atomic E-state index is 0.00998. The summed E-state index contributed by atoms with van der Waals surface area (Å²) >= 11 is 0. The Labute approximate surface area is 297 Å². The Bertz CT molecular complexity index is 2590. The molecular formula is C29H14N20O5. The van der Waals surface area contributed by atoms with Gasteiger partial charge in [0, 0.05) is 11.1 Å². The fourth-order valence-corrected chi connectivity index (χ4v) is 6.11. The van der Waals surface area contributed by atoms with Crippen LogP contribution in [-0.4, -0.2) is 121 Å². The van der Waals surface area contributed by atoms with Crippen LogP contribution in [0.4, 0.5) is 0 Å². The maximum atomic E-state index is 13.8. The molecule has 0 unspecified atom stereocenters. The molecule has 10 rings (SSSR count). The monoisotopic (exact) mass is 722 g/mol. The molecule has 2 aromatic carbocycles. The van der Waals surface area contributed by atoms with Crippen LogP contribution in [0.5, 0.6) is 0 Å². The second kappa shape index (κ2) is 10.2. The van der Waals surface area contributed by atoms with E-state index in [0.29, 0.717) is 9.80 Å². The van der Waals surface area contributed by atoms with Crippen LogP contribution in [-0.2, 0) is 0 Å². The molecule has 8 aliphatic heterocycles. The zero-order chi connectivity index (χ0) is 37.3. The van der Waals surface area contributed by atoms with E-state index in [2.05, 4.69) is 59.9 Å². The summed E-state index contributed by atoms with van der Waals surface area (Å²) in [6, 6.07) is 7.72. The van der Waals surface area contributed by atoms with Gasteiger partial charge < -0.3 is 22.9 Å². The number of aliphatic imine (C=N–C) groups is 12. The van der Waals surface area contributed by atoms with Gasteiger partial charge in [0.05, 0.1) is 22.3 Å². The first-order valence-corrected chi connectivity index (χ1v) is 15.2. The molecule has 25 nitrogen and oxygen atoms in total. The minimum atomic E-state index is -0.849. The molecule has 0 saturated heterocycles. The smallest absolute Gasteiger partial charge is 0.268 e. The van der Waals surface area contributed by atoms with Crippen LogP contribution < -0.4 is 22.9 Å². The number of carbonyl (C=O) groups is 5. The molecule has 0 saturated carbocycles. The number of imide groups is 2. The second-order valence-corrected chi connectivity index (χ2v) is 11.6. The van der Waals surface area contributed by atoms with Gasteiger partial charge in [-0.3, -0.25) is 24.0 Å². The third kappa shape index (κ3) is 4.09. The van der Waals surface area contributed by atoms with Gasteiger partial charge in [-0.05, 0) is 24.3 Å². The van der Waals surface area contributed by atoms with Gasteiger partial charge in [-0.1, -0.05) is 12.1 Å². The Morgan fingerprint density at radius 2 is 0.648 bits per heavy atom. The molecule has 25 heteroatoms. The SMILES string of the molecule is NC1=NC2=NC(N)=NC3=NC(N4C(=O)c5ccc(C(=O)c6ccc7c(c6)C(=O)N(C6=NC8=NC(N)=NC9=NC(N)=NC(=N6)N98)C7=O)cc5C4=O)=NC(=N1)N23. The van der Waals surface area contributed by atoms with E-state index >= 15 is 0 Å². The number of nitrogens with two attached hydrogens (primary N) is 4. The fraction of sp³-hybridized carbons (Fsp3) is 0. The van der Waals surface area contributed by atoms with Crippen LogP contribution in [0.15, 0.2) is 96.3 Å². The zero-order valence-electron chi connectivity index (χ0n) is 26.5. The minimum Gasteiger partial charge on any atom is -0.368 e. The lowest BCUT2D eigenvalue weighted by molar-refractivity contribution is 0.0730. The topological polar surface area (TPSA) is 351 Å². The molecule has 8 aliphatic rings. The number of fused-ring (bicyclic) bond motifs is 2. The van der Waals surface area contributed by atoms with E-state index in [0.717, 1.165) is 0 Å². The highest BCUT2D eigenvalue weighted by molar-refractivity contribution is 6.37. The van der Waals surface area contributed by atoms with Crippen molar-refractivity contribution < 1.29 is 24.0 Å². The van der Waals surface area contributed by atoms with Crippen LogP contribution in [0.3, 0.4) is 0 Å². The standard InChI is InChI=1S/C29H14N20O5/c30-18-34-22-35-19(31)39-25-43-28(42-24(38-18)48(22)25)46-14(51)9-3-1-7(5-11(9)16(46)53)13(50)8-2-4-10-12(6-8)17(54)47(15(10)52)29-44-26-40-20(32)36-23-37-21(33)41-27(45-29)49(23)26/h1-6H,(H4,30,31,34,35,38,39,42,43)(H4,32,33,36,37,40,41,44,45). The van der Waals surface area contributed by atoms with Gasteiger partial charge in [0.2, 0.25) is 71.5 Å². The first-order chi connectivity index (χ1) is 25.9. The molecule has 0 aliphatic carbocycles. The Morgan fingerprint density at radius 3 is 1.00 bits per heavy atom. The van der Waals surface area contributed by atoms with Crippen LogP contribution in [0.2, 0.25) is 0 Å². The number of ketones is 1. The van der Waals surface area contributed by atoms with Crippen molar-refractivity contribution in [2.45, 2.75) is 0 Å². The number of carbonyl (C=O) groups excluding carboxylic acids is 5. The van der Waals surface area contributed by atoms with Crippen molar-refractivity contribution in [1.82, 2.24) is 19.6 Å². The quantitative estimate of drug-likeness (QED) is 0.178. The highest BCUT2D eigenvalue weighted by Gasteiger charge is 2.45. The summed E-state index contributed by atoms with van der Waals surface area (Å²) < 4.78 is 0. The summed E-state index contributed by atoms with van der Waals surface area (Å²) in [6.45, 7) is 0. The normalized spacial score (nSPS) is 20.4. The largest absolute Gasteiger partial charge is 0.368 e. The Morgan fingerprint density at radius 1 is 0.370 bits per heavy atom. The first-order valence-electron chi connectivity index (χ1n) is 15.2. The lowest BCUT2D eigenvalue weighted by Gasteiger charge is -2.29. The van der Waals surface area contributed by atoms with Crippen LogP contribution >= 0.6 is 0 Å². The van der Waals surface area contributed by atoms with Crippen molar-refractivity contribution in [2.75, 3.05) is 0 Å². The van der Waals surface area contributed by atoms with Crippen LogP contribution in [0.1, 0.15) is 57.4 Å². The number of amides is 4. The third-order valence-electron chi connectivity index (χ3n) is 8.41. The van der Waals surface area contributed by atoms with Crippen molar-refractivity contribution in [2.24, 2.45) is 82.8 Å². The first kappa shape index (κ1) is 30.1. The fourth-order valence-electron chi connectivity index (χ4n) is 6.11. The molecule has 0 aromatic heterocycles. The molecule has 0 spiro atoms. The Hall–Kier alpha value is -8.77. The molecule has 8 heterocycles. The molecule has 260 valence electrons. The van der Waals surface area contributed by atoms with E-state index in [1.165, 1.54) is 46.2 Å². The maximum absolute atomic E-state index is 13.8. The number of benzene rings is 2. The van der Waals surface area contributed by atoms with Gasteiger partial charge in [-0.25, -0.2) is 19.6 Å². The van der Waals surface area contributed by atoms with Crippen molar-refractivity contribution in [3.63, 3.8) is 0 Å². The molecule has 0 radical (unpaired) electrons. The summed E-state index contributed by atoms with van der Waals surface area (Å²) in [5, 5.41) is 0. The van der Waals surface area contributed by atoms with Gasteiger partial charge in [-0.2, -0.15) is 59.9 Å². The number of nitrogens with zero attached hydrogens (tertiary/aromatic N) is 16.